The molecule has 2 aromatic carbocycles. The molecule has 1 N–H and O–H groups in total. The van der Waals surface area contributed by atoms with Crippen LogP contribution < -0.4 is 15.0 Å². The van der Waals surface area contributed by atoms with Gasteiger partial charge in [-0.05, 0) is 54.9 Å². The van der Waals surface area contributed by atoms with Crippen molar-refractivity contribution in [2.24, 2.45) is 0 Å². The number of halogens is 1. The second-order valence-corrected chi connectivity index (χ2v) is 6.29. The zero-order chi connectivity index (χ0) is 17.8. The first-order chi connectivity index (χ1) is 12.1. The van der Waals surface area contributed by atoms with Gasteiger partial charge >= 0.3 is 0 Å². The molecule has 1 heterocycles. The van der Waals surface area contributed by atoms with Crippen molar-refractivity contribution >= 4 is 29.1 Å². The lowest BCUT2D eigenvalue weighted by molar-refractivity contribution is -0.121. The number of nitrogens with one attached hydrogen (secondary N) is 1. The Labute approximate surface area is 151 Å². The molecule has 0 aliphatic carbocycles. The number of ether oxygens (including phenoxy) is 1. The molecule has 130 valence electrons. The lowest BCUT2D eigenvalue weighted by Crippen LogP contribution is -2.39. The zero-order valence-electron chi connectivity index (χ0n) is 13.9. The van der Waals surface area contributed by atoms with Crippen LogP contribution in [-0.4, -0.2) is 31.5 Å². The summed E-state index contributed by atoms with van der Waals surface area (Å²) >= 11 is 5.86. The van der Waals surface area contributed by atoms with Gasteiger partial charge in [0.1, 0.15) is 5.75 Å². The van der Waals surface area contributed by atoms with Gasteiger partial charge in [-0.15, -0.1) is 0 Å². The van der Waals surface area contributed by atoms with Crippen LogP contribution in [0.1, 0.15) is 12.0 Å². The number of imide groups is 1. The number of benzene rings is 2. The van der Waals surface area contributed by atoms with Crippen LogP contribution in [0.3, 0.4) is 0 Å². The molecule has 5 nitrogen and oxygen atoms in total. The number of amides is 2. The van der Waals surface area contributed by atoms with Gasteiger partial charge in [-0.3, -0.25) is 9.59 Å². The first-order valence-corrected chi connectivity index (χ1v) is 8.45. The highest BCUT2D eigenvalue weighted by Gasteiger charge is 2.39. The Balaban J connectivity index is 1.57. The van der Waals surface area contributed by atoms with Gasteiger partial charge < -0.3 is 10.1 Å². The van der Waals surface area contributed by atoms with Gasteiger partial charge in [-0.25, -0.2) is 4.90 Å². The summed E-state index contributed by atoms with van der Waals surface area (Å²) in [6.07, 6.45) is 0.937. The van der Waals surface area contributed by atoms with Crippen LogP contribution in [0.2, 0.25) is 5.02 Å². The van der Waals surface area contributed by atoms with E-state index in [4.69, 9.17) is 16.3 Å². The first kappa shape index (κ1) is 17.5. The SMILES string of the molecule is COc1ccc(CCN[C@H]2CC(=O)N(c3ccc(Cl)cc3)C2=O)cc1. The average molecular weight is 359 g/mol. The molecule has 0 aromatic heterocycles. The maximum absolute atomic E-state index is 12.5. The van der Waals surface area contributed by atoms with Crippen LogP contribution in [0, 0.1) is 0 Å². The minimum atomic E-state index is -0.485. The molecule has 0 radical (unpaired) electrons. The van der Waals surface area contributed by atoms with E-state index >= 15 is 0 Å². The van der Waals surface area contributed by atoms with Crippen LogP contribution >= 0.6 is 11.6 Å². The molecule has 6 heteroatoms. The van der Waals surface area contributed by atoms with Crippen LogP contribution in [0.4, 0.5) is 5.69 Å². The third-order valence-corrected chi connectivity index (χ3v) is 4.45. The summed E-state index contributed by atoms with van der Waals surface area (Å²) in [4.78, 5) is 25.9. The Morgan fingerprint density at radius 2 is 1.80 bits per heavy atom. The van der Waals surface area contributed by atoms with Crippen molar-refractivity contribution in [2.75, 3.05) is 18.6 Å². The summed E-state index contributed by atoms with van der Waals surface area (Å²) in [7, 11) is 1.63. The Morgan fingerprint density at radius 3 is 2.44 bits per heavy atom. The predicted octanol–water partition coefficient (Wildman–Crippen LogP) is 2.81. The highest BCUT2D eigenvalue weighted by Crippen LogP contribution is 2.24. The fourth-order valence-corrected chi connectivity index (χ4v) is 2.96. The molecular formula is C19H19ClN2O3. The largest absolute Gasteiger partial charge is 0.497 e. The van der Waals surface area contributed by atoms with E-state index in [2.05, 4.69) is 5.32 Å². The highest BCUT2D eigenvalue weighted by molar-refractivity contribution is 6.30. The predicted molar refractivity (Wildman–Crippen MR) is 97.1 cm³/mol. The van der Waals surface area contributed by atoms with Crippen molar-refractivity contribution < 1.29 is 14.3 Å². The monoisotopic (exact) mass is 358 g/mol. The maximum Gasteiger partial charge on any atom is 0.251 e. The van der Waals surface area contributed by atoms with Gasteiger partial charge in [0.25, 0.3) is 5.91 Å². The van der Waals surface area contributed by atoms with E-state index in [1.54, 1.807) is 31.4 Å². The van der Waals surface area contributed by atoms with Crippen LogP contribution in [0.25, 0.3) is 0 Å². The number of anilines is 1. The van der Waals surface area contributed by atoms with E-state index in [1.807, 2.05) is 24.3 Å². The third kappa shape index (κ3) is 4.00. The zero-order valence-corrected chi connectivity index (χ0v) is 14.6. The summed E-state index contributed by atoms with van der Waals surface area (Å²) < 4.78 is 5.13. The van der Waals surface area contributed by atoms with Gasteiger partial charge in [-0.2, -0.15) is 0 Å². The van der Waals surface area contributed by atoms with E-state index in [-0.39, 0.29) is 18.2 Å². The molecule has 0 unspecified atom stereocenters. The van der Waals surface area contributed by atoms with E-state index in [1.165, 1.54) is 4.90 Å². The van der Waals surface area contributed by atoms with Crippen molar-refractivity contribution in [1.82, 2.24) is 5.32 Å². The third-order valence-electron chi connectivity index (χ3n) is 4.19. The minimum absolute atomic E-state index is 0.171. The molecule has 1 aliphatic rings. The number of rotatable bonds is 6. The lowest BCUT2D eigenvalue weighted by atomic mass is 10.1. The van der Waals surface area contributed by atoms with Crippen LogP contribution in [-0.2, 0) is 16.0 Å². The summed E-state index contributed by atoms with van der Waals surface area (Å²) in [5, 5.41) is 3.75. The standard InChI is InChI=1S/C19H19ClN2O3/c1-25-16-8-2-13(3-9-16)10-11-21-17-12-18(23)22(19(17)24)15-6-4-14(20)5-7-15/h2-9,17,21H,10-12H2,1H3/t17-/m0/s1. The smallest absolute Gasteiger partial charge is 0.251 e. The maximum atomic E-state index is 12.5. The van der Waals surface area contributed by atoms with Crippen LogP contribution in [0.15, 0.2) is 48.5 Å². The molecule has 0 bridgehead atoms. The molecule has 2 amide bonds. The van der Waals surface area contributed by atoms with Gasteiger partial charge in [0.15, 0.2) is 0 Å². The fourth-order valence-electron chi connectivity index (χ4n) is 2.84. The molecule has 1 aliphatic heterocycles. The number of carbonyl (C=O) groups excluding carboxylic acids is 2. The van der Waals surface area contributed by atoms with Crippen molar-refractivity contribution in [1.29, 1.82) is 0 Å². The molecule has 1 atom stereocenters. The number of hydrogen-bond donors (Lipinski definition) is 1. The molecule has 0 spiro atoms. The van der Waals surface area contributed by atoms with Gasteiger partial charge in [0.2, 0.25) is 5.91 Å². The molecule has 3 rings (SSSR count). The van der Waals surface area contributed by atoms with Gasteiger partial charge in [0.05, 0.1) is 25.3 Å². The number of methoxy groups -OCH3 is 1. The van der Waals surface area contributed by atoms with Crippen molar-refractivity contribution in [3.8, 4) is 5.75 Å². The quantitative estimate of drug-likeness (QED) is 0.807. The van der Waals surface area contributed by atoms with Crippen molar-refractivity contribution in [3.63, 3.8) is 0 Å². The Bertz CT molecular complexity index is 759. The number of carbonyl (C=O) groups is 2. The molecule has 2 aromatic rings. The summed E-state index contributed by atoms with van der Waals surface area (Å²) in [5.74, 6) is 0.392. The van der Waals surface area contributed by atoms with E-state index in [0.29, 0.717) is 17.3 Å². The molecule has 0 saturated carbocycles. The fraction of sp³-hybridized carbons (Fsp3) is 0.263. The second kappa shape index (κ2) is 7.68. The highest BCUT2D eigenvalue weighted by atomic mass is 35.5. The van der Waals surface area contributed by atoms with Crippen LogP contribution in [0.5, 0.6) is 5.75 Å². The molecule has 1 saturated heterocycles. The van der Waals surface area contributed by atoms with Crippen molar-refractivity contribution in [2.45, 2.75) is 18.9 Å². The second-order valence-electron chi connectivity index (χ2n) is 5.85. The Morgan fingerprint density at radius 1 is 1.12 bits per heavy atom. The molecule has 25 heavy (non-hydrogen) atoms. The minimum Gasteiger partial charge on any atom is -0.497 e. The number of nitrogens with zero attached hydrogens (tertiary/aromatic N) is 1. The Kier molecular flexibility index (Phi) is 5.36. The van der Waals surface area contributed by atoms with Gasteiger partial charge in [-0.1, -0.05) is 23.7 Å². The van der Waals surface area contributed by atoms with E-state index in [0.717, 1.165) is 17.7 Å². The molecular weight excluding hydrogens is 340 g/mol. The van der Waals surface area contributed by atoms with E-state index < -0.39 is 6.04 Å². The summed E-state index contributed by atoms with van der Waals surface area (Å²) in [6.45, 7) is 0.616. The normalized spacial score (nSPS) is 17.2. The number of hydrogen-bond acceptors (Lipinski definition) is 4. The first-order valence-electron chi connectivity index (χ1n) is 8.07. The lowest BCUT2D eigenvalue weighted by Gasteiger charge is -2.15. The van der Waals surface area contributed by atoms with Crippen molar-refractivity contribution in [3.05, 3.63) is 59.1 Å². The summed E-state index contributed by atoms with van der Waals surface area (Å²) in [5.41, 5.74) is 1.69. The topological polar surface area (TPSA) is 58.6 Å². The average Bonchev–Trinajstić information content (AvgIpc) is 2.90. The summed E-state index contributed by atoms with van der Waals surface area (Å²) in [6, 6.07) is 14.0. The molecule has 1 fully saturated rings. The Hall–Kier alpha value is -2.37. The van der Waals surface area contributed by atoms with E-state index in [9.17, 15) is 9.59 Å². The van der Waals surface area contributed by atoms with Gasteiger partial charge in [0, 0.05) is 5.02 Å².